The Hall–Kier alpha value is -1.21. The molecule has 2 heterocycles. The highest BCUT2D eigenvalue weighted by Crippen LogP contribution is 2.72. The summed E-state index contributed by atoms with van der Waals surface area (Å²) in [6.07, 6.45) is 13.4. The molecule has 4 saturated carbocycles. The van der Waals surface area contributed by atoms with Crippen LogP contribution in [0, 0.1) is 64.1 Å². The SMILES string of the molecule is CCCC1CCC2OC(C(O)C(C)(O)C3CCC4(O)C5=CC(=O)C6CC(O)C(O)CC67CC(C6CCC(N)[NH2+]C6)C=CC(CC34C)C57)C(CO)C2CC1. The van der Waals surface area contributed by atoms with Gasteiger partial charge in [0.2, 0.25) is 0 Å². The number of aliphatic hydroxyl groups excluding tert-OH is 4. The fourth-order valence-corrected chi connectivity index (χ4v) is 14.7. The smallest absolute Gasteiger partial charge is 0.159 e. The van der Waals surface area contributed by atoms with Crippen LogP contribution >= 0.6 is 0 Å². The molecular weight excluding hydrogens is 672 g/mol. The highest BCUT2D eigenvalue weighted by molar-refractivity contribution is 5.95. The van der Waals surface area contributed by atoms with Crippen LogP contribution in [0.4, 0.5) is 0 Å². The monoisotopic (exact) mass is 742 g/mol. The molecule has 0 aromatic carbocycles. The summed E-state index contributed by atoms with van der Waals surface area (Å²) in [5.74, 6) is -0.206. The Labute approximate surface area is 316 Å². The van der Waals surface area contributed by atoms with Crippen LogP contribution in [-0.2, 0) is 9.53 Å². The number of ketones is 1. The molecule has 0 radical (unpaired) electrons. The molecule has 0 bridgehead atoms. The second-order valence-corrected chi connectivity index (χ2v) is 19.9. The maximum absolute atomic E-state index is 14.4. The largest absolute Gasteiger partial charge is 0.396 e. The van der Waals surface area contributed by atoms with Gasteiger partial charge in [0.25, 0.3) is 0 Å². The first-order valence-electron chi connectivity index (χ1n) is 21.5. The second-order valence-electron chi connectivity index (χ2n) is 19.9. The van der Waals surface area contributed by atoms with Gasteiger partial charge < -0.3 is 40.7 Å². The number of nitrogens with two attached hydrogens (primary N) is 2. The maximum atomic E-state index is 14.4. The number of fused-ring (bicyclic) bond motifs is 3. The van der Waals surface area contributed by atoms with Crippen molar-refractivity contribution in [1.82, 2.24) is 0 Å². The van der Waals surface area contributed by atoms with Crippen LogP contribution in [0.15, 0.2) is 23.8 Å². The van der Waals surface area contributed by atoms with Gasteiger partial charge in [0.1, 0.15) is 12.3 Å². The summed E-state index contributed by atoms with van der Waals surface area (Å²) in [6, 6.07) is 0. The first-order valence-corrected chi connectivity index (χ1v) is 21.5. The van der Waals surface area contributed by atoms with Crippen LogP contribution in [-0.4, -0.2) is 97.5 Å². The fourth-order valence-electron chi connectivity index (χ4n) is 14.7. The molecular formula is C43H69N2O8+. The van der Waals surface area contributed by atoms with Crippen molar-refractivity contribution >= 4 is 5.78 Å². The molecule has 8 rings (SSSR count). The quantitative estimate of drug-likeness (QED) is 0.181. The average Bonchev–Trinajstić information content (AvgIpc) is 3.46. The molecule has 6 aliphatic carbocycles. The number of piperidine rings is 1. The number of ether oxygens (including phenoxy) is 1. The number of carbonyl (C=O) groups excluding carboxylic acids is 1. The molecule has 2 aliphatic heterocycles. The lowest BCUT2D eigenvalue weighted by atomic mass is 9.42. The number of carbonyl (C=O) groups is 1. The van der Waals surface area contributed by atoms with Gasteiger partial charge in [-0.05, 0) is 124 Å². The Morgan fingerprint density at radius 1 is 1.04 bits per heavy atom. The zero-order valence-electron chi connectivity index (χ0n) is 32.4. The van der Waals surface area contributed by atoms with E-state index >= 15 is 0 Å². The van der Waals surface area contributed by atoms with Crippen molar-refractivity contribution in [3.8, 4) is 0 Å². The Morgan fingerprint density at radius 3 is 2.51 bits per heavy atom. The van der Waals surface area contributed by atoms with Gasteiger partial charge in [0, 0.05) is 36.2 Å². The molecule has 10 nitrogen and oxygen atoms in total. The van der Waals surface area contributed by atoms with Crippen LogP contribution in [0.5, 0.6) is 0 Å². The summed E-state index contributed by atoms with van der Waals surface area (Å²) in [5.41, 5.74) is 2.46. The lowest BCUT2D eigenvalue weighted by Gasteiger charge is -2.63. The van der Waals surface area contributed by atoms with E-state index in [9.17, 15) is 35.4 Å². The van der Waals surface area contributed by atoms with Crippen LogP contribution in [0.25, 0.3) is 0 Å². The summed E-state index contributed by atoms with van der Waals surface area (Å²) in [5, 5.41) is 73.3. The average molecular weight is 742 g/mol. The van der Waals surface area contributed by atoms with Gasteiger partial charge in [-0.25, -0.2) is 0 Å². The third kappa shape index (κ3) is 5.93. The third-order valence-electron chi connectivity index (χ3n) is 17.4. The van der Waals surface area contributed by atoms with Gasteiger partial charge in [-0.2, -0.15) is 0 Å². The fraction of sp³-hybridized carbons (Fsp3) is 0.884. The Kier molecular flexibility index (Phi) is 10.2. The highest BCUT2D eigenvalue weighted by atomic mass is 16.5. The van der Waals surface area contributed by atoms with Crippen LogP contribution in [0.1, 0.15) is 111 Å². The first kappa shape index (κ1) is 38.7. The number of hydrogen-bond donors (Lipinski definition) is 8. The molecule has 298 valence electrons. The zero-order chi connectivity index (χ0) is 37.7. The summed E-state index contributed by atoms with van der Waals surface area (Å²) in [7, 11) is 0. The number of rotatable bonds is 7. The van der Waals surface area contributed by atoms with Crippen molar-refractivity contribution in [1.29, 1.82) is 0 Å². The van der Waals surface area contributed by atoms with E-state index in [-0.39, 0.29) is 60.7 Å². The lowest BCUT2D eigenvalue weighted by Crippen LogP contribution is -2.95. The Morgan fingerprint density at radius 2 is 1.79 bits per heavy atom. The Balaban J connectivity index is 1.13. The molecule has 2 saturated heterocycles. The van der Waals surface area contributed by atoms with Crippen molar-refractivity contribution in [3.05, 3.63) is 23.8 Å². The minimum Gasteiger partial charge on any atom is -0.396 e. The molecule has 19 atom stereocenters. The summed E-state index contributed by atoms with van der Waals surface area (Å²) < 4.78 is 6.66. The minimum atomic E-state index is -1.64. The minimum absolute atomic E-state index is 0.0514. The van der Waals surface area contributed by atoms with E-state index < -0.39 is 58.3 Å². The molecule has 53 heavy (non-hydrogen) atoms. The standard InChI is InChI=1S/C43H68N2O8/c1-4-5-23-6-11-27-28(22-46)38(53-34(27)12-7-23)39(50)41(3,51)35-14-15-43(52)30-17-31(47)29-16-32(48)33(49)20-42(29)19-24(26-10-13-36(44)45-21-26)8-9-25(37(30)42)18-40(35,43)2/h8-9,17,23-29,32-39,45-46,48-52H,4-7,10-16,18-22,44H2,1-3H3/p+1. The first-order chi connectivity index (χ1) is 25.2. The van der Waals surface area contributed by atoms with Gasteiger partial charge in [-0.15, -0.1) is 0 Å². The summed E-state index contributed by atoms with van der Waals surface area (Å²) in [6.45, 7) is 6.77. The van der Waals surface area contributed by atoms with Gasteiger partial charge in [0.05, 0.1) is 42.2 Å². The maximum Gasteiger partial charge on any atom is 0.159 e. The molecule has 8 aliphatic rings. The third-order valence-corrected chi connectivity index (χ3v) is 17.4. The predicted octanol–water partition coefficient (Wildman–Crippen LogP) is 2.33. The van der Waals surface area contributed by atoms with E-state index in [2.05, 4.69) is 31.3 Å². The van der Waals surface area contributed by atoms with E-state index in [0.717, 1.165) is 57.1 Å². The number of allylic oxidation sites excluding steroid dienone is 3. The second kappa shape index (κ2) is 14.0. The normalized spacial score (nSPS) is 52.6. The molecule has 1 spiro atoms. The summed E-state index contributed by atoms with van der Waals surface area (Å²) in [4.78, 5) is 14.4. The van der Waals surface area contributed by atoms with Crippen molar-refractivity contribution in [2.75, 3.05) is 13.2 Å². The summed E-state index contributed by atoms with van der Waals surface area (Å²) >= 11 is 0. The molecule has 19 unspecified atom stereocenters. The molecule has 0 amide bonds. The van der Waals surface area contributed by atoms with Gasteiger partial charge in [0.15, 0.2) is 5.78 Å². The zero-order valence-corrected chi connectivity index (χ0v) is 32.4. The molecule has 0 aromatic rings. The van der Waals surface area contributed by atoms with E-state index in [1.165, 1.54) is 6.42 Å². The Bertz CT molecular complexity index is 1440. The van der Waals surface area contributed by atoms with Crippen LogP contribution in [0.2, 0.25) is 0 Å². The molecule has 10 N–H and O–H groups in total. The van der Waals surface area contributed by atoms with Crippen molar-refractivity contribution in [3.63, 3.8) is 0 Å². The highest BCUT2D eigenvalue weighted by Gasteiger charge is 2.72. The van der Waals surface area contributed by atoms with Crippen LogP contribution in [0.3, 0.4) is 0 Å². The predicted molar refractivity (Wildman–Crippen MR) is 199 cm³/mol. The number of aliphatic hydroxyl groups is 6. The van der Waals surface area contributed by atoms with Crippen molar-refractivity contribution in [2.24, 2.45) is 69.8 Å². The van der Waals surface area contributed by atoms with Crippen molar-refractivity contribution < 1.29 is 45.5 Å². The van der Waals surface area contributed by atoms with Gasteiger partial charge in [-0.1, -0.05) is 45.3 Å². The number of hydrogen-bond acceptors (Lipinski definition) is 9. The number of quaternary nitrogens is 1. The van der Waals surface area contributed by atoms with Gasteiger partial charge in [-0.3, -0.25) is 10.5 Å². The van der Waals surface area contributed by atoms with E-state index in [1.807, 2.05) is 0 Å². The molecule has 0 aromatic heterocycles. The van der Waals surface area contributed by atoms with E-state index in [4.69, 9.17) is 10.5 Å². The van der Waals surface area contributed by atoms with E-state index in [0.29, 0.717) is 43.9 Å². The molecule has 6 fully saturated rings. The topological polar surface area (TPSA) is 190 Å². The van der Waals surface area contributed by atoms with E-state index in [1.54, 1.807) is 13.0 Å². The van der Waals surface area contributed by atoms with Crippen molar-refractivity contribution in [2.45, 2.75) is 159 Å². The lowest BCUT2D eigenvalue weighted by molar-refractivity contribution is -0.703. The van der Waals surface area contributed by atoms with Crippen LogP contribution < -0.4 is 11.1 Å². The van der Waals surface area contributed by atoms with Gasteiger partial charge >= 0.3 is 0 Å². The molecule has 10 heteroatoms.